The Kier molecular flexibility index (Phi) is 8.65. The van der Waals surface area contributed by atoms with Gasteiger partial charge in [-0.1, -0.05) is 12.1 Å². The van der Waals surface area contributed by atoms with Crippen LogP contribution in [-0.2, 0) is 11.3 Å². The zero-order valence-corrected chi connectivity index (χ0v) is 14.4. The molecule has 138 valence electrons. The van der Waals surface area contributed by atoms with Crippen molar-refractivity contribution in [2.45, 2.75) is 25.4 Å². The molecular formula is C15H22ClN5O4. The van der Waals surface area contributed by atoms with Crippen molar-refractivity contribution in [2.24, 2.45) is 0 Å². The van der Waals surface area contributed by atoms with Gasteiger partial charge in [0.05, 0.1) is 11.5 Å². The molecule has 4 N–H and O–H groups in total. The van der Waals surface area contributed by atoms with Crippen molar-refractivity contribution in [1.29, 1.82) is 0 Å². The molecule has 9 nitrogen and oxygen atoms in total. The number of hydrogen-bond acceptors (Lipinski definition) is 5. The molecule has 2 rings (SSSR count). The number of nitrogens with zero attached hydrogens (tertiary/aromatic N) is 1. The summed E-state index contributed by atoms with van der Waals surface area (Å²) in [4.78, 5) is 33.5. The molecule has 1 aliphatic rings. The van der Waals surface area contributed by atoms with Crippen LogP contribution in [0.15, 0.2) is 24.3 Å². The Bertz CT molecular complexity index is 590. The molecule has 3 amide bonds. The van der Waals surface area contributed by atoms with Gasteiger partial charge < -0.3 is 21.3 Å². The maximum absolute atomic E-state index is 11.7. The van der Waals surface area contributed by atoms with E-state index in [4.69, 9.17) is 0 Å². The fraction of sp³-hybridized carbons (Fsp3) is 0.467. The van der Waals surface area contributed by atoms with Crippen molar-refractivity contribution in [2.75, 3.05) is 19.6 Å². The summed E-state index contributed by atoms with van der Waals surface area (Å²) >= 11 is 0. The van der Waals surface area contributed by atoms with E-state index in [0.29, 0.717) is 0 Å². The van der Waals surface area contributed by atoms with Gasteiger partial charge in [0.15, 0.2) is 0 Å². The highest BCUT2D eigenvalue weighted by atomic mass is 35.5. The molecule has 0 unspecified atom stereocenters. The van der Waals surface area contributed by atoms with Gasteiger partial charge in [-0.2, -0.15) is 0 Å². The Balaban J connectivity index is 0.00000312. The fourth-order valence-corrected chi connectivity index (χ4v) is 2.39. The van der Waals surface area contributed by atoms with Crippen LogP contribution in [0.2, 0.25) is 0 Å². The van der Waals surface area contributed by atoms with Crippen molar-refractivity contribution in [3.8, 4) is 0 Å². The van der Waals surface area contributed by atoms with Gasteiger partial charge in [-0.15, -0.1) is 12.4 Å². The van der Waals surface area contributed by atoms with Gasteiger partial charge in [0.1, 0.15) is 0 Å². The van der Waals surface area contributed by atoms with E-state index in [-0.39, 0.29) is 43.1 Å². The number of nitro groups is 1. The number of carbonyl (C=O) groups is 2. The van der Waals surface area contributed by atoms with Gasteiger partial charge >= 0.3 is 6.03 Å². The number of benzene rings is 1. The molecule has 25 heavy (non-hydrogen) atoms. The molecule has 0 aliphatic carbocycles. The zero-order valence-electron chi connectivity index (χ0n) is 13.6. The number of hydrogen-bond donors (Lipinski definition) is 4. The Hall–Kier alpha value is -2.39. The number of carbonyl (C=O) groups excluding carboxylic acids is 2. The van der Waals surface area contributed by atoms with Gasteiger partial charge in [-0.3, -0.25) is 14.9 Å². The lowest BCUT2D eigenvalue weighted by molar-refractivity contribution is -0.384. The summed E-state index contributed by atoms with van der Waals surface area (Å²) in [5, 5.41) is 21.7. The summed E-state index contributed by atoms with van der Waals surface area (Å²) in [6.45, 7) is 1.84. The highest BCUT2D eigenvalue weighted by molar-refractivity contribution is 5.85. The molecule has 0 aromatic heterocycles. The first-order valence-corrected chi connectivity index (χ1v) is 7.79. The number of piperidine rings is 1. The maximum atomic E-state index is 11.7. The highest BCUT2D eigenvalue weighted by Crippen LogP contribution is 2.11. The molecular weight excluding hydrogens is 350 g/mol. The quantitative estimate of drug-likeness (QED) is 0.432. The third-order valence-electron chi connectivity index (χ3n) is 3.67. The first-order chi connectivity index (χ1) is 11.5. The lowest BCUT2D eigenvalue weighted by Gasteiger charge is -2.23. The molecule has 1 aromatic carbocycles. The molecule has 1 aromatic rings. The van der Waals surface area contributed by atoms with E-state index in [9.17, 15) is 19.7 Å². The lowest BCUT2D eigenvalue weighted by Crippen LogP contribution is -2.49. The number of nitro benzene ring substituents is 1. The molecule has 0 radical (unpaired) electrons. The molecule has 0 saturated carbocycles. The number of urea groups is 1. The van der Waals surface area contributed by atoms with Gasteiger partial charge in [0.2, 0.25) is 5.91 Å². The maximum Gasteiger partial charge on any atom is 0.315 e. The average molecular weight is 372 g/mol. The van der Waals surface area contributed by atoms with E-state index in [1.54, 1.807) is 12.1 Å². The molecule has 1 atom stereocenters. The predicted octanol–water partition coefficient (Wildman–Crippen LogP) is 0.684. The summed E-state index contributed by atoms with van der Waals surface area (Å²) in [5.41, 5.74) is 0.727. The minimum absolute atomic E-state index is 0. The van der Waals surface area contributed by atoms with E-state index in [2.05, 4.69) is 21.3 Å². The lowest BCUT2D eigenvalue weighted by atomic mass is 10.1. The Morgan fingerprint density at radius 1 is 1.24 bits per heavy atom. The second-order valence-corrected chi connectivity index (χ2v) is 5.57. The third kappa shape index (κ3) is 7.36. The Morgan fingerprint density at radius 2 is 1.96 bits per heavy atom. The molecule has 1 heterocycles. The van der Waals surface area contributed by atoms with Crippen molar-refractivity contribution in [3.63, 3.8) is 0 Å². The smallest absolute Gasteiger partial charge is 0.315 e. The van der Waals surface area contributed by atoms with E-state index in [0.717, 1.165) is 31.5 Å². The summed E-state index contributed by atoms with van der Waals surface area (Å²) in [6, 6.07) is 5.53. The van der Waals surface area contributed by atoms with Gasteiger partial charge in [-0.05, 0) is 24.9 Å². The topological polar surface area (TPSA) is 125 Å². The summed E-state index contributed by atoms with van der Waals surface area (Å²) in [6.07, 6.45) is 1.96. The largest absolute Gasteiger partial charge is 0.351 e. The normalized spacial score (nSPS) is 16.2. The summed E-state index contributed by atoms with van der Waals surface area (Å²) < 4.78 is 0. The second-order valence-electron chi connectivity index (χ2n) is 5.57. The Morgan fingerprint density at radius 3 is 2.56 bits per heavy atom. The minimum Gasteiger partial charge on any atom is -0.351 e. The van der Waals surface area contributed by atoms with Crippen LogP contribution in [0.25, 0.3) is 0 Å². The van der Waals surface area contributed by atoms with Crippen LogP contribution < -0.4 is 21.3 Å². The van der Waals surface area contributed by atoms with Crippen LogP contribution in [0, 0.1) is 10.1 Å². The molecule has 1 fully saturated rings. The van der Waals surface area contributed by atoms with Crippen LogP contribution in [0.5, 0.6) is 0 Å². The number of halogens is 1. The SMILES string of the molecule is Cl.O=C(CNC(=O)NCc1ccc([N+](=O)[O-])cc1)N[C@H]1CCCNC1. The number of non-ortho nitro benzene ring substituents is 1. The van der Waals surface area contributed by atoms with Crippen LogP contribution in [0.4, 0.5) is 10.5 Å². The van der Waals surface area contributed by atoms with Crippen molar-refractivity contribution < 1.29 is 14.5 Å². The zero-order chi connectivity index (χ0) is 17.4. The minimum atomic E-state index is -0.482. The first-order valence-electron chi connectivity index (χ1n) is 7.79. The highest BCUT2D eigenvalue weighted by Gasteiger charge is 2.15. The molecule has 1 aliphatic heterocycles. The fourth-order valence-electron chi connectivity index (χ4n) is 2.39. The summed E-state index contributed by atoms with van der Waals surface area (Å²) in [5.74, 6) is -0.228. The van der Waals surface area contributed by atoms with Crippen molar-refractivity contribution in [3.05, 3.63) is 39.9 Å². The van der Waals surface area contributed by atoms with Crippen molar-refractivity contribution in [1.82, 2.24) is 21.3 Å². The number of nitrogens with one attached hydrogen (secondary N) is 4. The van der Waals surface area contributed by atoms with E-state index >= 15 is 0 Å². The van der Waals surface area contributed by atoms with Gasteiger partial charge in [-0.25, -0.2) is 4.79 Å². The monoisotopic (exact) mass is 371 g/mol. The standard InChI is InChI=1S/C15H21N5O4.ClH/c21-14(19-12-2-1-7-16-9-12)10-18-15(22)17-8-11-3-5-13(6-4-11)20(23)24;/h3-6,12,16H,1-2,7-10H2,(H,19,21)(H2,17,18,22);1H/t12-;/m0./s1. The summed E-state index contributed by atoms with van der Waals surface area (Å²) in [7, 11) is 0. The molecule has 0 bridgehead atoms. The van der Waals surface area contributed by atoms with Crippen LogP contribution in [0.3, 0.4) is 0 Å². The molecule has 1 saturated heterocycles. The van der Waals surface area contributed by atoms with E-state index in [1.807, 2.05) is 0 Å². The number of amides is 3. The van der Waals surface area contributed by atoms with E-state index in [1.165, 1.54) is 12.1 Å². The molecule has 0 spiro atoms. The van der Waals surface area contributed by atoms with Crippen LogP contribution >= 0.6 is 12.4 Å². The van der Waals surface area contributed by atoms with Crippen LogP contribution in [0.1, 0.15) is 18.4 Å². The third-order valence-corrected chi connectivity index (χ3v) is 3.67. The second kappa shape index (κ2) is 10.5. The molecule has 10 heteroatoms. The van der Waals surface area contributed by atoms with Gasteiger partial charge in [0.25, 0.3) is 5.69 Å². The Labute approximate surface area is 151 Å². The first kappa shape index (κ1) is 20.7. The number of rotatable bonds is 6. The predicted molar refractivity (Wildman–Crippen MR) is 94.6 cm³/mol. The average Bonchev–Trinajstić information content (AvgIpc) is 2.59. The van der Waals surface area contributed by atoms with E-state index < -0.39 is 11.0 Å². The van der Waals surface area contributed by atoms with Gasteiger partial charge in [0, 0.05) is 31.3 Å². The van der Waals surface area contributed by atoms with Crippen molar-refractivity contribution >= 4 is 30.0 Å². The van der Waals surface area contributed by atoms with Crippen LogP contribution in [-0.4, -0.2) is 42.5 Å².